The van der Waals surface area contributed by atoms with Gasteiger partial charge in [-0.25, -0.2) is 0 Å². The van der Waals surface area contributed by atoms with Crippen LogP contribution in [0, 0.1) is 5.92 Å². The molecule has 0 aromatic heterocycles. The van der Waals surface area contributed by atoms with Gasteiger partial charge in [0.2, 0.25) is 5.91 Å². The summed E-state index contributed by atoms with van der Waals surface area (Å²) in [6, 6.07) is 8.92. The van der Waals surface area contributed by atoms with Crippen LogP contribution in [0.15, 0.2) is 24.3 Å². The Morgan fingerprint density at radius 2 is 1.95 bits per heavy atom. The zero-order chi connectivity index (χ0) is 14.7. The van der Waals surface area contributed by atoms with Crippen LogP contribution in [0.25, 0.3) is 0 Å². The normalized spacial score (nSPS) is 26.0. The van der Waals surface area contributed by atoms with Crippen molar-refractivity contribution < 1.29 is 4.79 Å². The number of nitrogens with zero attached hydrogens (tertiary/aromatic N) is 1. The molecule has 4 nitrogen and oxygen atoms in total. The molecule has 0 bridgehead atoms. The first-order valence-corrected chi connectivity index (χ1v) is 8.10. The second-order valence-corrected chi connectivity index (χ2v) is 6.04. The van der Waals surface area contributed by atoms with Gasteiger partial charge in [-0.1, -0.05) is 31.2 Å². The van der Waals surface area contributed by atoms with Crippen molar-refractivity contribution in [3.63, 3.8) is 0 Å². The van der Waals surface area contributed by atoms with Crippen molar-refractivity contribution in [1.29, 1.82) is 0 Å². The molecular formula is C17H25N3O. The predicted molar refractivity (Wildman–Crippen MR) is 84.1 cm³/mol. The number of benzene rings is 1. The highest BCUT2D eigenvalue weighted by Gasteiger charge is 2.33. The molecule has 1 aromatic carbocycles. The largest absolute Gasteiger partial charge is 0.333 e. The van der Waals surface area contributed by atoms with Gasteiger partial charge in [0.05, 0.1) is 12.0 Å². The number of nitrogens with one attached hydrogen (secondary N) is 2. The lowest BCUT2D eigenvalue weighted by Gasteiger charge is -2.38. The topological polar surface area (TPSA) is 44.4 Å². The summed E-state index contributed by atoms with van der Waals surface area (Å²) in [5.41, 5.74) is 2.60. The third-order valence-corrected chi connectivity index (χ3v) is 4.71. The standard InChI is InChI=1S/C17H25N3O/c1-2-13-3-5-14(6-4-13)16-12-19-9-10-20(16)17(21)15-7-8-18-11-15/h3-6,15-16,18-19H,2,7-12H2,1H3/t15-,16?/m0/s1. The van der Waals surface area contributed by atoms with E-state index in [0.717, 1.165) is 45.6 Å². The first-order valence-electron chi connectivity index (χ1n) is 8.10. The molecule has 1 amide bonds. The summed E-state index contributed by atoms with van der Waals surface area (Å²) in [5.74, 6) is 0.492. The summed E-state index contributed by atoms with van der Waals surface area (Å²) in [4.78, 5) is 14.9. The highest BCUT2D eigenvalue weighted by molar-refractivity contribution is 5.80. The smallest absolute Gasteiger partial charge is 0.227 e. The fraction of sp³-hybridized carbons (Fsp3) is 0.588. The maximum atomic E-state index is 12.8. The molecule has 3 rings (SSSR count). The van der Waals surface area contributed by atoms with Gasteiger partial charge >= 0.3 is 0 Å². The van der Waals surface area contributed by atoms with Crippen molar-refractivity contribution in [3.8, 4) is 0 Å². The molecule has 0 saturated carbocycles. The van der Waals surface area contributed by atoms with Gasteiger partial charge in [0.25, 0.3) is 0 Å². The molecule has 2 N–H and O–H groups in total. The van der Waals surface area contributed by atoms with E-state index in [1.807, 2.05) is 0 Å². The van der Waals surface area contributed by atoms with E-state index in [1.54, 1.807) is 0 Å². The Morgan fingerprint density at radius 1 is 1.19 bits per heavy atom. The molecule has 2 fully saturated rings. The Hall–Kier alpha value is -1.39. The van der Waals surface area contributed by atoms with E-state index in [0.29, 0.717) is 5.91 Å². The zero-order valence-corrected chi connectivity index (χ0v) is 12.8. The molecule has 4 heteroatoms. The Morgan fingerprint density at radius 3 is 2.62 bits per heavy atom. The number of aryl methyl sites for hydroxylation is 1. The highest BCUT2D eigenvalue weighted by atomic mass is 16.2. The van der Waals surface area contributed by atoms with Gasteiger partial charge in [0.15, 0.2) is 0 Å². The number of piperazine rings is 1. The molecule has 2 aliphatic rings. The van der Waals surface area contributed by atoms with E-state index in [2.05, 4.69) is 46.7 Å². The minimum absolute atomic E-state index is 0.167. The maximum Gasteiger partial charge on any atom is 0.227 e. The molecule has 21 heavy (non-hydrogen) atoms. The minimum atomic E-state index is 0.167. The lowest BCUT2D eigenvalue weighted by Crippen LogP contribution is -2.50. The molecule has 2 atom stereocenters. The number of hydrogen-bond acceptors (Lipinski definition) is 3. The van der Waals surface area contributed by atoms with Crippen LogP contribution >= 0.6 is 0 Å². The molecule has 2 heterocycles. The van der Waals surface area contributed by atoms with E-state index in [4.69, 9.17) is 0 Å². The van der Waals surface area contributed by atoms with E-state index in [9.17, 15) is 4.79 Å². The van der Waals surface area contributed by atoms with E-state index in [-0.39, 0.29) is 12.0 Å². The number of rotatable bonds is 3. The molecule has 2 aliphatic heterocycles. The Labute approximate surface area is 126 Å². The molecule has 0 aliphatic carbocycles. The fourth-order valence-electron chi connectivity index (χ4n) is 3.34. The van der Waals surface area contributed by atoms with Crippen LogP contribution in [-0.4, -0.2) is 43.5 Å². The van der Waals surface area contributed by atoms with Crippen LogP contribution in [0.4, 0.5) is 0 Å². The summed E-state index contributed by atoms with van der Waals surface area (Å²) >= 11 is 0. The monoisotopic (exact) mass is 287 g/mol. The second kappa shape index (κ2) is 6.58. The molecule has 0 spiro atoms. The number of carbonyl (C=O) groups is 1. The van der Waals surface area contributed by atoms with E-state index in [1.165, 1.54) is 11.1 Å². The molecule has 1 aromatic rings. The van der Waals surface area contributed by atoms with E-state index >= 15 is 0 Å². The van der Waals surface area contributed by atoms with Gasteiger partial charge in [-0.15, -0.1) is 0 Å². The van der Waals surface area contributed by atoms with Crippen LogP contribution in [0.3, 0.4) is 0 Å². The highest BCUT2D eigenvalue weighted by Crippen LogP contribution is 2.26. The summed E-state index contributed by atoms with van der Waals surface area (Å²) in [7, 11) is 0. The molecule has 0 radical (unpaired) electrons. The van der Waals surface area contributed by atoms with Gasteiger partial charge in [-0.05, 0) is 30.5 Å². The predicted octanol–water partition coefficient (Wildman–Crippen LogP) is 1.33. The van der Waals surface area contributed by atoms with Gasteiger partial charge in [-0.2, -0.15) is 0 Å². The Bertz CT molecular complexity index is 479. The summed E-state index contributed by atoms with van der Waals surface area (Å²) in [5, 5.41) is 6.73. The average molecular weight is 287 g/mol. The Balaban J connectivity index is 1.78. The van der Waals surface area contributed by atoms with Crippen LogP contribution in [-0.2, 0) is 11.2 Å². The van der Waals surface area contributed by atoms with Crippen molar-refractivity contribution in [1.82, 2.24) is 15.5 Å². The van der Waals surface area contributed by atoms with Crippen LogP contribution in [0.2, 0.25) is 0 Å². The second-order valence-electron chi connectivity index (χ2n) is 6.04. The number of hydrogen-bond donors (Lipinski definition) is 2. The lowest BCUT2D eigenvalue weighted by atomic mass is 9.98. The van der Waals surface area contributed by atoms with E-state index < -0.39 is 0 Å². The van der Waals surface area contributed by atoms with Crippen molar-refractivity contribution in [2.75, 3.05) is 32.7 Å². The Kier molecular flexibility index (Phi) is 4.56. The molecule has 1 unspecified atom stereocenters. The van der Waals surface area contributed by atoms with Crippen molar-refractivity contribution in [3.05, 3.63) is 35.4 Å². The summed E-state index contributed by atoms with van der Waals surface area (Å²) < 4.78 is 0. The van der Waals surface area contributed by atoms with Crippen LogP contribution in [0.1, 0.15) is 30.5 Å². The summed E-state index contributed by atoms with van der Waals surface area (Å²) in [6.45, 7) is 6.55. The van der Waals surface area contributed by atoms with Gasteiger partial charge < -0.3 is 15.5 Å². The third kappa shape index (κ3) is 3.11. The average Bonchev–Trinajstić information content (AvgIpc) is 3.09. The third-order valence-electron chi connectivity index (χ3n) is 4.71. The quantitative estimate of drug-likeness (QED) is 0.881. The lowest BCUT2D eigenvalue weighted by molar-refractivity contribution is -0.138. The molecular weight excluding hydrogens is 262 g/mol. The SMILES string of the molecule is CCc1ccc(C2CNCCN2C(=O)[C@H]2CCNC2)cc1. The van der Waals surface area contributed by atoms with Crippen LogP contribution in [0.5, 0.6) is 0 Å². The molecule has 2 saturated heterocycles. The van der Waals surface area contributed by atoms with Crippen molar-refractivity contribution >= 4 is 5.91 Å². The van der Waals surface area contributed by atoms with Gasteiger partial charge in [0, 0.05) is 26.2 Å². The van der Waals surface area contributed by atoms with Gasteiger partial charge in [-0.3, -0.25) is 4.79 Å². The first kappa shape index (κ1) is 14.5. The number of carbonyl (C=O) groups excluding carboxylic acids is 1. The fourth-order valence-corrected chi connectivity index (χ4v) is 3.34. The minimum Gasteiger partial charge on any atom is -0.333 e. The van der Waals surface area contributed by atoms with Crippen molar-refractivity contribution in [2.45, 2.75) is 25.8 Å². The van der Waals surface area contributed by atoms with Gasteiger partial charge in [0.1, 0.15) is 0 Å². The zero-order valence-electron chi connectivity index (χ0n) is 12.8. The first-order chi connectivity index (χ1) is 10.3. The van der Waals surface area contributed by atoms with Crippen LogP contribution < -0.4 is 10.6 Å². The summed E-state index contributed by atoms with van der Waals surface area (Å²) in [6.07, 6.45) is 2.03. The molecule has 114 valence electrons. The maximum absolute atomic E-state index is 12.8. The van der Waals surface area contributed by atoms with Crippen molar-refractivity contribution in [2.24, 2.45) is 5.92 Å². The number of amides is 1.